The first-order valence-electron chi connectivity index (χ1n) is 6.42. The van der Waals surface area contributed by atoms with Crippen LogP contribution in [-0.2, 0) is 0 Å². The van der Waals surface area contributed by atoms with Crippen LogP contribution in [0.4, 0.5) is 21.5 Å². The summed E-state index contributed by atoms with van der Waals surface area (Å²) in [5.41, 5.74) is 7.00. The molecule has 110 valence electrons. The second-order valence-corrected chi connectivity index (χ2v) is 4.85. The van der Waals surface area contributed by atoms with Crippen LogP contribution in [0.1, 0.15) is 18.5 Å². The Morgan fingerprint density at radius 3 is 2.57 bits per heavy atom. The summed E-state index contributed by atoms with van der Waals surface area (Å²) in [5.74, 6) is -0.310. The van der Waals surface area contributed by atoms with Crippen LogP contribution in [0.2, 0.25) is 0 Å². The van der Waals surface area contributed by atoms with Gasteiger partial charge in [0.1, 0.15) is 5.82 Å². The van der Waals surface area contributed by atoms with Crippen molar-refractivity contribution in [3.8, 4) is 0 Å². The molecular weight excluding hydrogens is 273 g/mol. The fraction of sp³-hybridized carbons (Fsp3) is 0.200. The summed E-state index contributed by atoms with van der Waals surface area (Å²) in [5, 5.41) is 10.9. The van der Waals surface area contributed by atoms with Crippen molar-refractivity contribution in [1.29, 1.82) is 0 Å². The van der Waals surface area contributed by atoms with Crippen molar-refractivity contribution in [3.05, 3.63) is 64.0 Å². The van der Waals surface area contributed by atoms with E-state index in [-0.39, 0.29) is 17.5 Å². The molecule has 0 aromatic heterocycles. The molecule has 0 aliphatic carbocycles. The molecule has 0 radical (unpaired) electrons. The molecule has 0 spiro atoms. The number of hydrogen-bond donors (Lipinski definition) is 1. The van der Waals surface area contributed by atoms with Crippen LogP contribution < -0.4 is 10.6 Å². The molecule has 2 aromatic rings. The summed E-state index contributed by atoms with van der Waals surface area (Å²) in [6.07, 6.45) is 0. The van der Waals surface area contributed by atoms with Gasteiger partial charge in [0.25, 0.3) is 5.69 Å². The number of nitro groups is 1. The highest BCUT2D eigenvalue weighted by molar-refractivity contribution is 5.63. The highest BCUT2D eigenvalue weighted by Gasteiger charge is 2.18. The lowest BCUT2D eigenvalue weighted by molar-refractivity contribution is -0.384. The van der Waals surface area contributed by atoms with E-state index in [9.17, 15) is 14.5 Å². The van der Waals surface area contributed by atoms with Crippen molar-refractivity contribution in [2.45, 2.75) is 13.0 Å². The number of rotatable bonds is 4. The first kappa shape index (κ1) is 14.8. The van der Waals surface area contributed by atoms with Gasteiger partial charge in [-0.25, -0.2) is 4.39 Å². The third kappa shape index (κ3) is 3.10. The van der Waals surface area contributed by atoms with Gasteiger partial charge in [-0.05, 0) is 19.1 Å². The van der Waals surface area contributed by atoms with Gasteiger partial charge >= 0.3 is 0 Å². The quantitative estimate of drug-likeness (QED) is 0.531. The van der Waals surface area contributed by atoms with E-state index in [1.54, 1.807) is 36.2 Å². The molecule has 0 heterocycles. The molecule has 0 fully saturated rings. The molecule has 0 saturated heterocycles. The van der Waals surface area contributed by atoms with Crippen molar-refractivity contribution >= 4 is 17.1 Å². The van der Waals surface area contributed by atoms with Crippen molar-refractivity contribution in [1.82, 2.24) is 0 Å². The van der Waals surface area contributed by atoms with Gasteiger partial charge in [0.2, 0.25) is 0 Å². The zero-order chi connectivity index (χ0) is 15.6. The molecule has 0 amide bonds. The largest absolute Gasteiger partial charge is 0.398 e. The van der Waals surface area contributed by atoms with Gasteiger partial charge in [-0.3, -0.25) is 10.1 Å². The first-order chi connectivity index (χ1) is 9.90. The topological polar surface area (TPSA) is 72.4 Å². The summed E-state index contributed by atoms with van der Waals surface area (Å²) in [4.78, 5) is 12.1. The minimum atomic E-state index is -0.499. The predicted molar refractivity (Wildman–Crippen MR) is 80.7 cm³/mol. The minimum absolute atomic E-state index is 0.0856. The van der Waals surface area contributed by atoms with E-state index in [2.05, 4.69) is 0 Å². The maximum Gasteiger partial charge on any atom is 0.273 e. The smallest absolute Gasteiger partial charge is 0.273 e. The normalized spacial score (nSPS) is 12.0. The van der Waals surface area contributed by atoms with Gasteiger partial charge in [-0.15, -0.1) is 0 Å². The van der Waals surface area contributed by atoms with Crippen LogP contribution in [0.3, 0.4) is 0 Å². The first-order valence-corrected chi connectivity index (χ1v) is 6.42. The summed E-state index contributed by atoms with van der Waals surface area (Å²) >= 11 is 0. The van der Waals surface area contributed by atoms with Gasteiger partial charge in [0.05, 0.1) is 11.0 Å². The van der Waals surface area contributed by atoms with E-state index in [4.69, 9.17) is 5.73 Å². The number of benzene rings is 2. The Kier molecular flexibility index (Phi) is 4.07. The molecule has 6 heteroatoms. The van der Waals surface area contributed by atoms with Crippen LogP contribution in [0.15, 0.2) is 42.5 Å². The molecule has 1 unspecified atom stereocenters. The molecule has 0 bridgehead atoms. The van der Waals surface area contributed by atoms with Crippen molar-refractivity contribution in [3.63, 3.8) is 0 Å². The maximum absolute atomic E-state index is 13.8. The average Bonchev–Trinajstić information content (AvgIpc) is 2.45. The minimum Gasteiger partial charge on any atom is -0.398 e. The average molecular weight is 289 g/mol. The Balaban J connectivity index is 2.38. The molecule has 1 atom stereocenters. The second-order valence-electron chi connectivity index (χ2n) is 4.85. The molecule has 2 aromatic carbocycles. The summed E-state index contributed by atoms with van der Waals surface area (Å²) in [6.45, 7) is 1.83. The summed E-state index contributed by atoms with van der Waals surface area (Å²) in [7, 11) is 1.75. The number of halogens is 1. The molecule has 2 rings (SSSR count). The molecule has 0 saturated carbocycles. The monoisotopic (exact) mass is 289 g/mol. The van der Waals surface area contributed by atoms with E-state index < -0.39 is 4.92 Å². The number of anilines is 2. The highest BCUT2D eigenvalue weighted by atomic mass is 19.1. The Hall–Kier alpha value is -2.63. The predicted octanol–water partition coefficient (Wildman–Crippen LogP) is 3.51. The van der Waals surface area contributed by atoms with Crippen molar-refractivity contribution in [2.75, 3.05) is 17.7 Å². The van der Waals surface area contributed by atoms with E-state index in [0.29, 0.717) is 16.9 Å². The highest BCUT2D eigenvalue weighted by Crippen LogP contribution is 2.31. The fourth-order valence-electron chi connectivity index (χ4n) is 2.17. The van der Waals surface area contributed by atoms with Crippen LogP contribution in [0.5, 0.6) is 0 Å². The number of nitrogens with zero attached hydrogens (tertiary/aromatic N) is 2. The van der Waals surface area contributed by atoms with E-state index in [0.717, 1.165) is 0 Å². The molecule has 0 aliphatic rings. The molecule has 5 nitrogen and oxygen atoms in total. The van der Waals surface area contributed by atoms with Crippen molar-refractivity contribution < 1.29 is 9.31 Å². The Labute approximate surface area is 122 Å². The van der Waals surface area contributed by atoms with Gasteiger partial charge in [0, 0.05) is 36.1 Å². The van der Waals surface area contributed by atoms with Gasteiger partial charge in [0.15, 0.2) is 0 Å². The Morgan fingerprint density at radius 1 is 1.29 bits per heavy atom. The van der Waals surface area contributed by atoms with E-state index in [1.165, 1.54) is 18.2 Å². The van der Waals surface area contributed by atoms with E-state index in [1.807, 2.05) is 6.92 Å². The van der Waals surface area contributed by atoms with Crippen LogP contribution in [0.25, 0.3) is 0 Å². The molecule has 2 N–H and O–H groups in total. The van der Waals surface area contributed by atoms with Crippen LogP contribution >= 0.6 is 0 Å². The summed E-state index contributed by atoms with van der Waals surface area (Å²) in [6, 6.07) is 10.5. The molecule has 0 aliphatic heterocycles. The summed E-state index contributed by atoms with van der Waals surface area (Å²) < 4.78 is 13.8. The third-order valence-electron chi connectivity index (χ3n) is 3.48. The SMILES string of the molecule is CC(c1ccccc1F)N(C)c1cc(N)cc([N+](=O)[O-])c1. The lowest BCUT2D eigenvalue weighted by Crippen LogP contribution is -2.22. The number of hydrogen-bond acceptors (Lipinski definition) is 4. The van der Waals surface area contributed by atoms with Crippen LogP contribution in [-0.4, -0.2) is 12.0 Å². The van der Waals surface area contributed by atoms with Crippen molar-refractivity contribution in [2.24, 2.45) is 0 Å². The number of nitrogen functional groups attached to an aromatic ring is 1. The number of non-ortho nitro benzene ring substituents is 1. The Bertz CT molecular complexity index is 676. The second kappa shape index (κ2) is 5.78. The maximum atomic E-state index is 13.8. The van der Waals surface area contributed by atoms with Gasteiger partial charge in [-0.1, -0.05) is 18.2 Å². The zero-order valence-corrected chi connectivity index (χ0v) is 11.8. The van der Waals surface area contributed by atoms with Gasteiger partial charge < -0.3 is 10.6 Å². The lowest BCUT2D eigenvalue weighted by atomic mass is 10.1. The molecule has 21 heavy (non-hydrogen) atoms. The standard InChI is InChI=1S/C15H16FN3O2/c1-10(14-5-3-4-6-15(14)16)18(2)12-7-11(17)8-13(9-12)19(20)21/h3-10H,17H2,1-2H3. The Morgan fingerprint density at radius 2 is 1.95 bits per heavy atom. The number of nitro benzene ring substituents is 1. The number of nitrogens with two attached hydrogens (primary N) is 1. The molecular formula is C15H16FN3O2. The lowest BCUT2D eigenvalue weighted by Gasteiger charge is -2.27. The zero-order valence-electron chi connectivity index (χ0n) is 11.8. The fourth-order valence-corrected chi connectivity index (χ4v) is 2.17. The third-order valence-corrected chi connectivity index (χ3v) is 3.48. The van der Waals surface area contributed by atoms with Crippen LogP contribution in [0, 0.1) is 15.9 Å². The van der Waals surface area contributed by atoms with E-state index >= 15 is 0 Å². The van der Waals surface area contributed by atoms with Gasteiger partial charge in [-0.2, -0.15) is 0 Å².